The van der Waals surface area contributed by atoms with Gasteiger partial charge in [0.25, 0.3) is 5.91 Å². The number of nitrogens with zero attached hydrogens (tertiary/aromatic N) is 1. The first-order valence-corrected chi connectivity index (χ1v) is 7.66. The maximum absolute atomic E-state index is 12.4. The first-order chi connectivity index (χ1) is 10.8. The predicted molar refractivity (Wildman–Crippen MR) is 85.4 cm³/mol. The lowest BCUT2D eigenvalue weighted by molar-refractivity contribution is 0.0949. The molecule has 0 aliphatic heterocycles. The van der Waals surface area contributed by atoms with E-state index in [4.69, 9.17) is 5.26 Å². The molecule has 0 heterocycles. The first kappa shape index (κ1) is 14.3. The zero-order valence-corrected chi connectivity index (χ0v) is 12.4. The highest BCUT2D eigenvalue weighted by molar-refractivity contribution is 5.96. The predicted octanol–water partition coefficient (Wildman–Crippen LogP) is 3.37. The number of carbonyl (C=O) groups is 1. The number of hydrogen-bond donors (Lipinski definition) is 1. The van der Waals surface area contributed by atoms with Gasteiger partial charge in [-0.25, -0.2) is 0 Å². The largest absolute Gasteiger partial charge is 0.348 e. The molecule has 1 amide bonds. The van der Waals surface area contributed by atoms with Gasteiger partial charge in [-0.05, 0) is 60.6 Å². The van der Waals surface area contributed by atoms with Crippen molar-refractivity contribution in [2.45, 2.75) is 32.2 Å². The molecule has 22 heavy (non-hydrogen) atoms. The summed E-state index contributed by atoms with van der Waals surface area (Å²) in [6.45, 7) is 0.480. The van der Waals surface area contributed by atoms with Gasteiger partial charge in [0.1, 0.15) is 0 Å². The minimum Gasteiger partial charge on any atom is -0.348 e. The molecule has 2 aromatic rings. The standard InChI is InChI=1S/C19H18N2O/c20-12-14-8-10-15(11-9-14)13-21-19(22)18-7-3-5-16-4-1-2-6-17(16)18/h3,5,7-11H,1-2,4,6,13H2,(H,21,22). The monoisotopic (exact) mass is 290 g/mol. The van der Waals surface area contributed by atoms with Gasteiger partial charge in [0.2, 0.25) is 0 Å². The zero-order valence-electron chi connectivity index (χ0n) is 12.4. The molecule has 0 aromatic heterocycles. The highest BCUT2D eigenvalue weighted by atomic mass is 16.1. The Morgan fingerprint density at radius 1 is 1.09 bits per heavy atom. The normalized spacial score (nSPS) is 13.0. The van der Waals surface area contributed by atoms with Crippen molar-refractivity contribution in [3.05, 3.63) is 70.3 Å². The lowest BCUT2D eigenvalue weighted by Gasteiger charge is -2.18. The smallest absolute Gasteiger partial charge is 0.251 e. The van der Waals surface area contributed by atoms with Gasteiger partial charge >= 0.3 is 0 Å². The van der Waals surface area contributed by atoms with Gasteiger partial charge in [0.15, 0.2) is 0 Å². The maximum Gasteiger partial charge on any atom is 0.251 e. The van der Waals surface area contributed by atoms with Crippen molar-refractivity contribution in [1.29, 1.82) is 5.26 Å². The van der Waals surface area contributed by atoms with E-state index in [0.717, 1.165) is 30.4 Å². The van der Waals surface area contributed by atoms with E-state index >= 15 is 0 Å². The van der Waals surface area contributed by atoms with Crippen LogP contribution in [0.15, 0.2) is 42.5 Å². The fourth-order valence-corrected chi connectivity index (χ4v) is 2.97. The Morgan fingerprint density at radius 3 is 2.64 bits per heavy atom. The van der Waals surface area contributed by atoms with Crippen LogP contribution in [0.3, 0.4) is 0 Å². The molecule has 1 N–H and O–H groups in total. The molecule has 3 rings (SSSR count). The molecule has 0 unspecified atom stereocenters. The minimum atomic E-state index is -0.0110. The van der Waals surface area contributed by atoms with Crippen LogP contribution >= 0.6 is 0 Å². The lowest BCUT2D eigenvalue weighted by atomic mass is 9.88. The SMILES string of the molecule is N#Cc1ccc(CNC(=O)c2cccc3c2CCCC3)cc1. The van der Waals surface area contributed by atoms with Gasteiger partial charge in [-0.1, -0.05) is 24.3 Å². The van der Waals surface area contributed by atoms with Crippen LogP contribution < -0.4 is 5.32 Å². The number of nitriles is 1. The number of hydrogen-bond acceptors (Lipinski definition) is 2. The van der Waals surface area contributed by atoms with Crippen LogP contribution in [0, 0.1) is 11.3 Å². The van der Waals surface area contributed by atoms with Crippen molar-refractivity contribution in [2.24, 2.45) is 0 Å². The lowest BCUT2D eigenvalue weighted by Crippen LogP contribution is -2.25. The Morgan fingerprint density at radius 2 is 1.86 bits per heavy atom. The summed E-state index contributed by atoms with van der Waals surface area (Å²) in [5.41, 5.74) is 4.97. The summed E-state index contributed by atoms with van der Waals surface area (Å²) in [7, 11) is 0. The van der Waals surface area contributed by atoms with Crippen LogP contribution in [0.2, 0.25) is 0 Å². The molecule has 0 saturated carbocycles. The highest BCUT2D eigenvalue weighted by Gasteiger charge is 2.17. The van der Waals surface area contributed by atoms with Crippen molar-refractivity contribution in [1.82, 2.24) is 5.32 Å². The summed E-state index contributed by atoms with van der Waals surface area (Å²) in [5.74, 6) is -0.0110. The molecule has 3 nitrogen and oxygen atoms in total. The van der Waals surface area contributed by atoms with E-state index in [9.17, 15) is 4.79 Å². The number of nitrogens with one attached hydrogen (secondary N) is 1. The van der Waals surface area contributed by atoms with Crippen molar-refractivity contribution >= 4 is 5.91 Å². The molecule has 0 saturated heterocycles. The van der Waals surface area contributed by atoms with Gasteiger partial charge in [0, 0.05) is 12.1 Å². The molecule has 0 fully saturated rings. The van der Waals surface area contributed by atoms with E-state index in [1.165, 1.54) is 17.5 Å². The van der Waals surface area contributed by atoms with Crippen molar-refractivity contribution < 1.29 is 4.79 Å². The number of fused-ring (bicyclic) bond motifs is 1. The van der Waals surface area contributed by atoms with Crippen LogP contribution in [0.25, 0.3) is 0 Å². The van der Waals surface area contributed by atoms with Gasteiger partial charge < -0.3 is 5.32 Å². The number of amides is 1. The molecular weight excluding hydrogens is 272 g/mol. The molecule has 3 heteroatoms. The number of carbonyl (C=O) groups excluding carboxylic acids is 1. The first-order valence-electron chi connectivity index (χ1n) is 7.66. The molecule has 0 bridgehead atoms. The van der Waals surface area contributed by atoms with Crippen LogP contribution in [0.5, 0.6) is 0 Å². The Labute approximate surface area is 130 Å². The Hall–Kier alpha value is -2.60. The molecule has 0 spiro atoms. The molecule has 0 radical (unpaired) electrons. The van der Waals surface area contributed by atoms with Crippen molar-refractivity contribution in [2.75, 3.05) is 0 Å². The quantitative estimate of drug-likeness (QED) is 0.942. The third-order valence-corrected chi connectivity index (χ3v) is 4.18. The third-order valence-electron chi connectivity index (χ3n) is 4.18. The second-order valence-electron chi connectivity index (χ2n) is 5.64. The van der Waals surface area contributed by atoms with E-state index in [-0.39, 0.29) is 5.91 Å². The summed E-state index contributed by atoms with van der Waals surface area (Å²) >= 11 is 0. The fraction of sp³-hybridized carbons (Fsp3) is 0.263. The Balaban J connectivity index is 1.71. The fourth-order valence-electron chi connectivity index (χ4n) is 2.97. The molecule has 1 aliphatic carbocycles. The van der Waals surface area contributed by atoms with E-state index in [2.05, 4.69) is 17.5 Å². The highest BCUT2D eigenvalue weighted by Crippen LogP contribution is 2.24. The molecule has 2 aromatic carbocycles. The van der Waals surface area contributed by atoms with E-state index in [1.54, 1.807) is 12.1 Å². The third kappa shape index (κ3) is 3.01. The van der Waals surface area contributed by atoms with Crippen LogP contribution in [-0.4, -0.2) is 5.91 Å². The van der Waals surface area contributed by atoms with Crippen molar-refractivity contribution in [3.63, 3.8) is 0 Å². The van der Waals surface area contributed by atoms with Crippen molar-refractivity contribution in [3.8, 4) is 6.07 Å². The topological polar surface area (TPSA) is 52.9 Å². The van der Waals surface area contributed by atoms with Crippen LogP contribution in [0.4, 0.5) is 0 Å². The van der Waals surface area contributed by atoms with Crippen LogP contribution in [-0.2, 0) is 19.4 Å². The number of rotatable bonds is 3. The average Bonchev–Trinajstić information content (AvgIpc) is 2.59. The molecule has 0 atom stereocenters. The van der Waals surface area contributed by atoms with E-state index < -0.39 is 0 Å². The second-order valence-corrected chi connectivity index (χ2v) is 5.64. The average molecular weight is 290 g/mol. The summed E-state index contributed by atoms with van der Waals surface area (Å²) < 4.78 is 0. The second kappa shape index (κ2) is 6.44. The van der Waals surface area contributed by atoms with Crippen LogP contribution in [0.1, 0.15) is 45.5 Å². The van der Waals surface area contributed by atoms with E-state index in [1.807, 2.05) is 24.3 Å². The summed E-state index contributed by atoms with van der Waals surface area (Å²) in [6, 6.07) is 15.4. The summed E-state index contributed by atoms with van der Waals surface area (Å²) in [4.78, 5) is 12.4. The van der Waals surface area contributed by atoms with Gasteiger partial charge in [-0.15, -0.1) is 0 Å². The Kier molecular flexibility index (Phi) is 4.20. The summed E-state index contributed by atoms with van der Waals surface area (Å²) in [5, 5.41) is 11.8. The minimum absolute atomic E-state index is 0.0110. The maximum atomic E-state index is 12.4. The summed E-state index contributed by atoms with van der Waals surface area (Å²) in [6.07, 6.45) is 4.44. The van der Waals surface area contributed by atoms with Gasteiger partial charge in [-0.2, -0.15) is 5.26 Å². The molecular formula is C19H18N2O. The zero-order chi connectivity index (χ0) is 15.4. The van der Waals surface area contributed by atoms with Gasteiger partial charge in [0.05, 0.1) is 11.6 Å². The van der Waals surface area contributed by atoms with E-state index in [0.29, 0.717) is 12.1 Å². The molecule has 110 valence electrons. The van der Waals surface area contributed by atoms with Gasteiger partial charge in [-0.3, -0.25) is 4.79 Å². The molecule has 1 aliphatic rings. The number of aryl methyl sites for hydroxylation is 1. The number of benzene rings is 2. The Bertz CT molecular complexity index is 726.